The molecule has 4 heteroatoms. The van der Waals surface area contributed by atoms with Crippen LogP contribution in [0.4, 0.5) is 0 Å². The smallest absolute Gasteiger partial charge is 0.222 e. The summed E-state index contributed by atoms with van der Waals surface area (Å²) in [6.07, 6.45) is 4.55. The van der Waals surface area contributed by atoms with Crippen molar-refractivity contribution in [2.75, 3.05) is 18.1 Å². The lowest BCUT2D eigenvalue weighted by atomic mass is 10.0. The molecule has 0 aromatic rings. The van der Waals surface area contributed by atoms with Crippen LogP contribution in [0.1, 0.15) is 25.7 Å². The number of carbonyl (C=O) groups excluding carboxylic acids is 1. The van der Waals surface area contributed by atoms with Gasteiger partial charge in [-0.1, -0.05) is 0 Å². The van der Waals surface area contributed by atoms with Gasteiger partial charge in [0.2, 0.25) is 5.91 Å². The van der Waals surface area contributed by atoms with E-state index in [1.54, 1.807) is 0 Å². The molecule has 0 N–H and O–H groups in total. The van der Waals surface area contributed by atoms with Crippen molar-refractivity contribution in [3.05, 3.63) is 0 Å². The summed E-state index contributed by atoms with van der Waals surface area (Å²) >= 11 is 4.27. The van der Waals surface area contributed by atoms with E-state index in [-0.39, 0.29) is 0 Å². The Kier molecular flexibility index (Phi) is 2.90. The highest BCUT2D eigenvalue weighted by Crippen LogP contribution is 2.45. The Balaban J connectivity index is 1.69. The van der Waals surface area contributed by atoms with Crippen LogP contribution < -0.4 is 0 Å². The van der Waals surface area contributed by atoms with Gasteiger partial charge in [-0.2, -0.15) is 0 Å². The van der Waals surface area contributed by atoms with Crippen LogP contribution in [0.2, 0.25) is 0 Å². The van der Waals surface area contributed by atoms with Crippen molar-refractivity contribution >= 4 is 29.4 Å². The zero-order valence-electron chi connectivity index (χ0n) is 8.85. The zero-order chi connectivity index (χ0) is 10.3. The Morgan fingerprint density at radius 2 is 2.00 bits per heavy atom. The molecule has 3 heterocycles. The van der Waals surface area contributed by atoms with Crippen molar-refractivity contribution in [1.82, 2.24) is 4.90 Å². The van der Waals surface area contributed by atoms with Crippen LogP contribution in [-0.4, -0.2) is 39.5 Å². The number of rotatable bonds is 1. The third-order valence-corrected chi connectivity index (χ3v) is 7.00. The molecule has 0 unspecified atom stereocenters. The quantitative estimate of drug-likeness (QED) is 0.704. The number of nitrogens with zero attached hydrogens (tertiary/aromatic N) is 1. The van der Waals surface area contributed by atoms with Gasteiger partial charge in [0.25, 0.3) is 0 Å². The number of hydrogen-bond acceptors (Lipinski definition) is 3. The molecule has 3 saturated heterocycles. The summed E-state index contributed by atoms with van der Waals surface area (Å²) in [6.45, 7) is 1.03. The second-order valence-electron chi connectivity index (χ2n) is 4.61. The average molecular weight is 243 g/mol. The monoisotopic (exact) mass is 243 g/mol. The van der Waals surface area contributed by atoms with Gasteiger partial charge in [-0.15, -0.1) is 23.5 Å². The summed E-state index contributed by atoms with van der Waals surface area (Å²) in [5, 5.41) is 0. The van der Waals surface area contributed by atoms with E-state index >= 15 is 0 Å². The summed E-state index contributed by atoms with van der Waals surface area (Å²) in [4.78, 5) is 13.7. The lowest BCUT2D eigenvalue weighted by molar-refractivity contribution is -0.128. The fourth-order valence-corrected chi connectivity index (χ4v) is 6.40. The normalized spacial score (nSPS) is 37.3. The molecule has 0 bridgehead atoms. The highest BCUT2D eigenvalue weighted by molar-refractivity contribution is 8.17. The topological polar surface area (TPSA) is 20.3 Å². The first-order valence-electron chi connectivity index (χ1n) is 5.89. The van der Waals surface area contributed by atoms with E-state index in [0.29, 0.717) is 11.9 Å². The molecule has 0 radical (unpaired) electrons. The molecule has 0 saturated carbocycles. The van der Waals surface area contributed by atoms with Crippen LogP contribution in [0.5, 0.6) is 0 Å². The lowest BCUT2D eigenvalue weighted by Crippen LogP contribution is -2.33. The maximum Gasteiger partial charge on any atom is 0.222 e. The van der Waals surface area contributed by atoms with Gasteiger partial charge >= 0.3 is 0 Å². The predicted octanol–water partition coefficient (Wildman–Crippen LogP) is 2.19. The molecular formula is C11H17NOS2. The van der Waals surface area contributed by atoms with E-state index in [1.165, 1.54) is 24.3 Å². The molecule has 84 valence electrons. The number of carbonyl (C=O) groups is 1. The Hall–Kier alpha value is 0.170. The Bertz CT molecular complexity index is 265. The minimum Gasteiger partial charge on any atom is -0.339 e. The lowest BCUT2D eigenvalue weighted by Gasteiger charge is -2.30. The van der Waals surface area contributed by atoms with E-state index in [4.69, 9.17) is 0 Å². The van der Waals surface area contributed by atoms with Gasteiger partial charge in [0.05, 0.1) is 4.58 Å². The Morgan fingerprint density at radius 1 is 1.20 bits per heavy atom. The number of amides is 1. The molecule has 15 heavy (non-hydrogen) atoms. The third kappa shape index (κ3) is 1.80. The number of thioether (sulfide) groups is 2. The maximum atomic E-state index is 11.6. The van der Waals surface area contributed by atoms with E-state index in [9.17, 15) is 4.79 Å². The number of fused-ring (bicyclic) bond motifs is 1. The fraction of sp³-hybridized carbons (Fsp3) is 0.909. The first-order valence-corrected chi connectivity index (χ1v) is 7.99. The molecule has 0 aliphatic carbocycles. The molecule has 0 aromatic heterocycles. The maximum absolute atomic E-state index is 11.6. The molecule has 0 aromatic carbocycles. The summed E-state index contributed by atoms with van der Waals surface area (Å²) in [7, 11) is 0. The molecule has 3 aliphatic rings. The Labute approximate surface area is 99.5 Å². The molecule has 2 nitrogen and oxygen atoms in total. The van der Waals surface area contributed by atoms with Gasteiger partial charge in [-0.3, -0.25) is 4.79 Å². The van der Waals surface area contributed by atoms with Crippen molar-refractivity contribution in [2.24, 2.45) is 5.92 Å². The SMILES string of the molecule is O=C1CC[C@H]2[C@H](C3SCCCS3)CCN12. The van der Waals surface area contributed by atoms with E-state index < -0.39 is 0 Å². The molecule has 3 aliphatic heterocycles. The van der Waals surface area contributed by atoms with Crippen LogP contribution in [0.3, 0.4) is 0 Å². The van der Waals surface area contributed by atoms with Crippen molar-refractivity contribution in [2.45, 2.75) is 36.3 Å². The molecular weight excluding hydrogens is 226 g/mol. The van der Waals surface area contributed by atoms with E-state index in [2.05, 4.69) is 28.4 Å². The van der Waals surface area contributed by atoms with Crippen LogP contribution in [0.15, 0.2) is 0 Å². The molecule has 2 atom stereocenters. The van der Waals surface area contributed by atoms with Gasteiger partial charge in [-0.05, 0) is 30.8 Å². The van der Waals surface area contributed by atoms with Crippen LogP contribution in [0.25, 0.3) is 0 Å². The highest BCUT2D eigenvalue weighted by Gasteiger charge is 2.45. The highest BCUT2D eigenvalue weighted by atomic mass is 32.2. The third-order valence-electron chi connectivity index (χ3n) is 3.77. The number of hydrogen-bond donors (Lipinski definition) is 0. The second kappa shape index (κ2) is 4.21. The summed E-state index contributed by atoms with van der Waals surface area (Å²) in [6, 6.07) is 0.598. The molecule has 3 rings (SSSR count). The van der Waals surface area contributed by atoms with Gasteiger partial charge < -0.3 is 4.90 Å². The van der Waals surface area contributed by atoms with Crippen LogP contribution in [-0.2, 0) is 4.79 Å². The largest absolute Gasteiger partial charge is 0.339 e. The summed E-state index contributed by atoms with van der Waals surface area (Å²) < 4.78 is 0.777. The Morgan fingerprint density at radius 3 is 2.80 bits per heavy atom. The minimum atomic E-state index is 0.410. The summed E-state index contributed by atoms with van der Waals surface area (Å²) in [5.41, 5.74) is 0. The van der Waals surface area contributed by atoms with Crippen LogP contribution in [0, 0.1) is 5.92 Å². The summed E-state index contributed by atoms with van der Waals surface area (Å²) in [5.74, 6) is 3.85. The fourth-order valence-electron chi connectivity index (χ4n) is 3.04. The van der Waals surface area contributed by atoms with Crippen molar-refractivity contribution in [3.8, 4) is 0 Å². The first kappa shape index (κ1) is 10.3. The first-order chi connectivity index (χ1) is 7.36. The van der Waals surface area contributed by atoms with E-state index in [1.807, 2.05) is 0 Å². The van der Waals surface area contributed by atoms with E-state index in [0.717, 1.165) is 29.9 Å². The van der Waals surface area contributed by atoms with Gasteiger partial charge in [0.1, 0.15) is 0 Å². The van der Waals surface area contributed by atoms with Crippen molar-refractivity contribution in [3.63, 3.8) is 0 Å². The second-order valence-corrected chi connectivity index (χ2v) is 7.41. The molecule has 0 spiro atoms. The standard InChI is InChI=1S/C11H17NOS2/c13-10-3-2-9-8(4-5-12(9)10)11-14-6-1-7-15-11/h8-9,11H,1-7H2/t8-,9+/m1/s1. The predicted molar refractivity (Wildman–Crippen MR) is 66.2 cm³/mol. The van der Waals surface area contributed by atoms with Gasteiger partial charge in [0, 0.05) is 24.9 Å². The van der Waals surface area contributed by atoms with Gasteiger partial charge in [-0.25, -0.2) is 0 Å². The molecule has 3 fully saturated rings. The average Bonchev–Trinajstić information content (AvgIpc) is 2.83. The van der Waals surface area contributed by atoms with Crippen molar-refractivity contribution < 1.29 is 4.79 Å². The van der Waals surface area contributed by atoms with Gasteiger partial charge in [0.15, 0.2) is 0 Å². The minimum absolute atomic E-state index is 0.410. The van der Waals surface area contributed by atoms with Crippen molar-refractivity contribution in [1.29, 1.82) is 0 Å². The zero-order valence-corrected chi connectivity index (χ0v) is 10.5. The van der Waals surface area contributed by atoms with Crippen LogP contribution >= 0.6 is 23.5 Å². The molecule has 1 amide bonds.